The molecule has 1 heterocycles. The van der Waals surface area contributed by atoms with Crippen molar-refractivity contribution in [3.05, 3.63) is 83.8 Å². The highest BCUT2D eigenvalue weighted by atomic mass is 35.5. The van der Waals surface area contributed by atoms with Crippen molar-refractivity contribution in [2.45, 2.75) is 25.2 Å². The van der Waals surface area contributed by atoms with Crippen molar-refractivity contribution in [1.82, 2.24) is 4.98 Å². The van der Waals surface area contributed by atoms with E-state index < -0.39 is 26.3 Å². The molecule has 208 valence electrons. The highest BCUT2D eigenvalue weighted by molar-refractivity contribution is 7.96. The summed E-state index contributed by atoms with van der Waals surface area (Å²) in [6.45, 7) is 5.75. The van der Waals surface area contributed by atoms with Crippen LogP contribution in [0.3, 0.4) is 0 Å². The fourth-order valence-corrected chi connectivity index (χ4v) is 3.82. The number of aromatic nitrogens is 1. The summed E-state index contributed by atoms with van der Waals surface area (Å²) < 4.78 is 37.9. The Bertz CT molecular complexity index is 1350. The zero-order valence-corrected chi connectivity index (χ0v) is 22.8. The summed E-state index contributed by atoms with van der Waals surface area (Å²) in [6.07, 6.45) is 3.45. The number of amides is 2. The van der Waals surface area contributed by atoms with E-state index in [0.717, 1.165) is 5.56 Å². The first-order valence-electron chi connectivity index (χ1n) is 9.85. The third-order valence-electron chi connectivity index (χ3n) is 4.46. The highest BCUT2D eigenvalue weighted by Crippen LogP contribution is 2.37. The average molecular weight is 605 g/mol. The molecule has 0 fully saturated rings. The number of carbonyl (C=O) groups is 2. The maximum Gasteiger partial charge on any atom is 0.273 e. The van der Waals surface area contributed by atoms with Crippen LogP contribution in [-0.4, -0.2) is 29.4 Å². The first-order chi connectivity index (χ1) is 16.7. The number of thiol groups is 2. The minimum absolute atomic E-state index is 0. The Morgan fingerprint density at radius 3 is 2.08 bits per heavy atom. The van der Waals surface area contributed by atoms with Crippen LogP contribution in [0, 0.1) is 5.82 Å². The standard InChI is InChI=1S/C21H18ClFN2O2S.2CH3NOS.CH4.H2O/c1-3-13(2)15-10-17(16-6-4-5-7-20(16)28(24,26)27)21(25-12-15)14-8-9-19(23)18(22)11-14;2*2-1(3)4;;/h3-13H,1H2,2H3,(H2,24,26,27);2*(H3,2,3,4);1H4;1H2. The van der Waals surface area contributed by atoms with Gasteiger partial charge in [0.15, 0.2) is 0 Å². The van der Waals surface area contributed by atoms with E-state index in [4.69, 9.17) is 26.3 Å². The number of halogens is 2. The van der Waals surface area contributed by atoms with Gasteiger partial charge in [0, 0.05) is 28.8 Å². The number of rotatable bonds is 5. The summed E-state index contributed by atoms with van der Waals surface area (Å²) in [5.41, 5.74) is 11.5. The maximum absolute atomic E-state index is 13.6. The van der Waals surface area contributed by atoms with Gasteiger partial charge in [0.05, 0.1) is 15.6 Å². The summed E-state index contributed by atoms with van der Waals surface area (Å²) in [6, 6.07) is 12.5. The van der Waals surface area contributed by atoms with Crippen LogP contribution in [0.5, 0.6) is 0 Å². The average Bonchev–Trinajstić information content (AvgIpc) is 2.78. The van der Waals surface area contributed by atoms with Gasteiger partial charge >= 0.3 is 0 Å². The number of nitrogens with two attached hydrogens (primary N) is 3. The lowest BCUT2D eigenvalue weighted by Gasteiger charge is -2.16. The van der Waals surface area contributed by atoms with E-state index in [2.05, 4.69) is 48.3 Å². The lowest BCUT2D eigenvalue weighted by Crippen LogP contribution is -2.13. The number of primary sulfonamides is 1. The predicted molar refractivity (Wildman–Crippen MR) is 158 cm³/mol. The number of hydrogen-bond acceptors (Lipinski definition) is 5. The number of sulfonamides is 1. The number of carbonyl (C=O) groups excluding carboxylic acids is 2. The Hall–Kier alpha value is -2.94. The van der Waals surface area contributed by atoms with Crippen LogP contribution in [0.15, 0.2) is 72.3 Å². The van der Waals surface area contributed by atoms with E-state index >= 15 is 0 Å². The molecule has 0 bridgehead atoms. The van der Waals surface area contributed by atoms with Gasteiger partial charge in [0.1, 0.15) is 5.82 Å². The molecule has 1 aromatic heterocycles. The van der Waals surface area contributed by atoms with E-state index in [1.165, 1.54) is 18.2 Å². The molecule has 1 atom stereocenters. The molecule has 0 saturated carbocycles. The van der Waals surface area contributed by atoms with Crippen molar-refractivity contribution in [3.8, 4) is 22.4 Å². The maximum atomic E-state index is 13.6. The van der Waals surface area contributed by atoms with Crippen LogP contribution < -0.4 is 16.6 Å². The molecule has 9 nitrogen and oxygen atoms in total. The smallest absolute Gasteiger partial charge is 0.273 e. The molecule has 0 aliphatic heterocycles. The molecule has 8 N–H and O–H groups in total. The molecule has 3 rings (SSSR count). The van der Waals surface area contributed by atoms with Gasteiger partial charge in [-0.2, -0.15) is 0 Å². The van der Waals surface area contributed by atoms with Crippen LogP contribution in [0.1, 0.15) is 25.8 Å². The van der Waals surface area contributed by atoms with Crippen molar-refractivity contribution in [1.29, 1.82) is 0 Å². The summed E-state index contributed by atoms with van der Waals surface area (Å²) in [5.74, 6) is -0.549. The van der Waals surface area contributed by atoms with E-state index in [-0.39, 0.29) is 28.7 Å². The Balaban J connectivity index is 0. The fourth-order valence-electron chi connectivity index (χ4n) is 2.88. The molecular weight excluding hydrogens is 575 g/mol. The van der Waals surface area contributed by atoms with Gasteiger partial charge in [-0.25, -0.2) is 17.9 Å². The minimum atomic E-state index is -3.97. The quantitative estimate of drug-likeness (QED) is 0.203. The largest absolute Gasteiger partial charge is 0.412 e. The minimum Gasteiger partial charge on any atom is -0.412 e. The normalized spacial score (nSPS) is 10.6. The molecule has 2 aromatic carbocycles. The Morgan fingerprint density at radius 1 is 1.08 bits per heavy atom. The van der Waals surface area contributed by atoms with Gasteiger partial charge in [-0.1, -0.05) is 75.5 Å². The predicted octanol–water partition coefficient (Wildman–Crippen LogP) is 4.95. The SMILES string of the molecule is C.C=CC(C)c1cnc(-c2ccc(F)c(Cl)c2)c(-c2ccccc2S(N)(=O)=O)c1.NC(=O)S.NC(=O)S.O. The zero-order valence-electron chi connectivity index (χ0n) is 19.4. The van der Waals surface area contributed by atoms with Crippen molar-refractivity contribution >= 4 is 57.4 Å². The van der Waals surface area contributed by atoms with Crippen molar-refractivity contribution in [3.63, 3.8) is 0 Å². The van der Waals surface area contributed by atoms with Gasteiger partial charge in [-0.05, 0) is 35.9 Å². The molecule has 38 heavy (non-hydrogen) atoms. The number of primary amides is 2. The van der Waals surface area contributed by atoms with Crippen LogP contribution in [0.25, 0.3) is 22.4 Å². The lowest BCUT2D eigenvalue weighted by molar-refractivity contribution is 0.266. The van der Waals surface area contributed by atoms with Crippen molar-refractivity contribution in [2.24, 2.45) is 16.6 Å². The van der Waals surface area contributed by atoms with Crippen LogP contribution in [-0.2, 0) is 10.0 Å². The van der Waals surface area contributed by atoms with Gasteiger partial charge in [0.2, 0.25) is 10.0 Å². The van der Waals surface area contributed by atoms with E-state index in [0.29, 0.717) is 22.4 Å². The number of benzene rings is 2. The molecule has 0 aliphatic carbocycles. The van der Waals surface area contributed by atoms with Crippen molar-refractivity contribution in [2.75, 3.05) is 0 Å². The van der Waals surface area contributed by atoms with Crippen molar-refractivity contribution < 1.29 is 27.9 Å². The van der Waals surface area contributed by atoms with Gasteiger partial charge in [-0.3, -0.25) is 14.6 Å². The Labute approximate surface area is 237 Å². The topological polar surface area (TPSA) is 191 Å². The molecule has 0 radical (unpaired) electrons. The second kappa shape index (κ2) is 16.8. The fraction of sp³-hybridized carbons (Fsp3) is 0.125. The summed E-state index contributed by atoms with van der Waals surface area (Å²) in [4.78, 5) is 22.7. The third kappa shape index (κ3) is 11.6. The highest BCUT2D eigenvalue weighted by Gasteiger charge is 2.20. The zero-order chi connectivity index (χ0) is 27.6. The van der Waals surface area contributed by atoms with E-state index in [1.54, 1.807) is 36.5 Å². The molecular formula is C24H30ClFN4O5S3. The summed E-state index contributed by atoms with van der Waals surface area (Å²) >= 11 is 12.1. The second-order valence-corrected chi connectivity index (χ2v) is 9.85. The van der Waals surface area contributed by atoms with Gasteiger partial charge in [0.25, 0.3) is 10.5 Å². The third-order valence-corrected chi connectivity index (χ3v) is 5.72. The molecule has 0 aliphatic rings. The number of allylic oxidation sites excluding steroid dienone is 1. The molecule has 1 unspecified atom stereocenters. The number of pyridine rings is 1. The first kappa shape index (κ1) is 37.2. The van der Waals surface area contributed by atoms with E-state index in [1.807, 2.05) is 13.0 Å². The second-order valence-electron chi connectivity index (χ2n) is 7.04. The van der Waals surface area contributed by atoms with Crippen LogP contribution in [0.2, 0.25) is 5.02 Å². The summed E-state index contributed by atoms with van der Waals surface area (Å²) in [7, 11) is -3.97. The van der Waals surface area contributed by atoms with Gasteiger partial charge in [-0.15, -0.1) is 6.58 Å². The molecule has 3 aromatic rings. The lowest BCUT2D eigenvalue weighted by atomic mass is 9.94. The molecule has 14 heteroatoms. The Kier molecular flexibility index (Phi) is 16.5. The van der Waals surface area contributed by atoms with Gasteiger partial charge < -0.3 is 16.9 Å². The Morgan fingerprint density at radius 2 is 1.61 bits per heavy atom. The van der Waals surface area contributed by atoms with Crippen LogP contribution in [0.4, 0.5) is 14.0 Å². The first-order valence-corrected chi connectivity index (χ1v) is 12.7. The monoisotopic (exact) mass is 604 g/mol. The number of nitrogens with zero attached hydrogens (tertiary/aromatic N) is 1. The summed E-state index contributed by atoms with van der Waals surface area (Å²) in [5, 5.41) is 4.09. The number of hydrogen-bond donors (Lipinski definition) is 5. The van der Waals surface area contributed by atoms with Crippen LogP contribution >= 0.6 is 36.9 Å². The molecule has 2 amide bonds. The molecule has 0 spiro atoms. The van der Waals surface area contributed by atoms with E-state index in [9.17, 15) is 12.8 Å². The molecule has 0 saturated heterocycles.